The lowest BCUT2D eigenvalue weighted by Gasteiger charge is -2.06. The Kier molecular flexibility index (Phi) is 6.56. The van der Waals surface area contributed by atoms with Crippen molar-refractivity contribution in [2.45, 2.75) is 6.42 Å². The molecular weight excluding hydrogens is 278 g/mol. The number of nitro groups is 1. The zero-order valence-electron chi connectivity index (χ0n) is 11.5. The molecule has 1 aromatic rings. The van der Waals surface area contributed by atoms with E-state index in [9.17, 15) is 14.9 Å². The number of rotatable bonds is 8. The Labute approximate surface area is 121 Å². The van der Waals surface area contributed by atoms with Gasteiger partial charge in [0.05, 0.1) is 11.5 Å². The van der Waals surface area contributed by atoms with Crippen molar-refractivity contribution in [2.75, 3.05) is 32.1 Å². The van der Waals surface area contributed by atoms with Gasteiger partial charge in [0.25, 0.3) is 0 Å². The van der Waals surface area contributed by atoms with Crippen LogP contribution < -0.4 is 10.6 Å². The largest absolute Gasteiger partial charge is 0.383 e. The number of hydrogen-bond donors (Lipinski definition) is 2. The van der Waals surface area contributed by atoms with E-state index in [0.29, 0.717) is 25.5 Å². The van der Waals surface area contributed by atoms with E-state index in [2.05, 4.69) is 15.6 Å². The third-order valence-electron chi connectivity index (χ3n) is 2.46. The highest BCUT2D eigenvalue weighted by Gasteiger charge is 2.15. The fourth-order valence-electron chi connectivity index (χ4n) is 1.46. The lowest BCUT2D eigenvalue weighted by atomic mass is 10.3. The van der Waals surface area contributed by atoms with Crippen molar-refractivity contribution in [3.8, 4) is 6.07 Å². The molecule has 2 N–H and O–H groups in total. The maximum atomic E-state index is 11.4. The van der Waals surface area contributed by atoms with Gasteiger partial charge < -0.3 is 15.4 Å². The van der Waals surface area contributed by atoms with Crippen molar-refractivity contribution in [3.63, 3.8) is 0 Å². The van der Waals surface area contributed by atoms with Crippen molar-refractivity contribution in [2.24, 2.45) is 0 Å². The van der Waals surface area contributed by atoms with Gasteiger partial charge in [-0.3, -0.25) is 14.9 Å². The molecule has 0 saturated carbocycles. The van der Waals surface area contributed by atoms with Gasteiger partial charge in [-0.05, 0) is 6.07 Å². The first kappa shape index (κ1) is 16.3. The number of carbonyl (C=O) groups is 1. The highest BCUT2D eigenvalue weighted by atomic mass is 16.6. The van der Waals surface area contributed by atoms with Crippen molar-refractivity contribution in [1.82, 2.24) is 10.3 Å². The standard InChI is InChI=1S/C12H15N5O4/c1-21-7-6-15-12(18)4-5-14-11-3-2-10(17(19)20)9(8-13)16-11/h2-3H,4-7H2,1H3,(H,14,16)(H,15,18). The Morgan fingerprint density at radius 3 is 2.90 bits per heavy atom. The van der Waals surface area contributed by atoms with E-state index in [4.69, 9.17) is 10.00 Å². The van der Waals surface area contributed by atoms with Crippen LogP contribution in [0, 0.1) is 21.4 Å². The summed E-state index contributed by atoms with van der Waals surface area (Å²) in [5, 5.41) is 24.9. The number of anilines is 1. The van der Waals surface area contributed by atoms with Gasteiger partial charge in [-0.15, -0.1) is 0 Å². The van der Waals surface area contributed by atoms with E-state index in [1.807, 2.05) is 0 Å². The maximum absolute atomic E-state index is 11.4. The first-order valence-corrected chi connectivity index (χ1v) is 6.13. The molecule has 0 saturated heterocycles. The number of ether oxygens (including phenoxy) is 1. The van der Waals surface area contributed by atoms with E-state index in [1.165, 1.54) is 12.1 Å². The summed E-state index contributed by atoms with van der Waals surface area (Å²) in [5.41, 5.74) is -0.616. The molecule has 0 unspecified atom stereocenters. The van der Waals surface area contributed by atoms with Crippen molar-refractivity contribution >= 4 is 17.4 Å². The van der Waals surface area contributed by atoms with E-state index < -0.39 is 4.92 Å². The van der Waals surface area contributed by atoms with Crippen LogP contribution in [0.3, 0.4) is 0 Å². The van der Waals surface area contributed by atoms with Crippen LogP contribution in [0.25, 0.3) is 0 Å². The molecule has 0 spiro atoms. The highest BCUT2D eigenvalue weighted by Crippen LogP contribution is 2.17. The summed E-state index contributed by atoms with van der Waals surface area (Å²) >= 11 is 0. The fourth-order valence-corrected chi connectivity index (χ4v) is 1.46. The summed E-state index contributed by atoms with van der Waals surface area (Å²) in [6.45, 7) is 1.17. The third kappa shape index (κ3) is 5.42. The number of methoxy groups -OCH3 is 1. The summed E-state index contributed by atoms with van der Waals surface area (Å²) in [7, 11) is 1.54. The topological polar surface area (TPSA) is 130 Å². The zero-order chi connectivity index (χ0) is 15.7. The Morgan fingerprint density at radius 2 is 2.29 bits per heavy atom. The molecule has 0 atom stereocenters. The summed E-state index contributed by atoms with van der Waals surface area (Å²) < 4.78 is 4.80. The van der Waals surface area contributed by atoms with E-state index in [-0.39, 0.29) is 23.7 Å². The molecule has 9 heteroatoms. The fraction of sp³-hybridized carbons (Fsp3) is 0.417. The number of amides is 1. The van der Waals surface area contributed by atoms with E-state index in [1.54, 1.807) is 13.2 Å². The van der Waals surface area contributed by atoms with Crippen molar-refractivity contribution < 1.29 is 14.5 Å². The number of hydrogen-bond acceptors (Lipinski definition) is 7. The minimum Gasteiger partial charge on any atom is -0.383 e. The quantitative estimate of drug-likeness (QED) is 0.403. The minimum atomic E-state index is -0.668. The second-order valence-corrected chi connectivity index (χ2v) is 3.95. The van der Waals surface area contributed by atoms with E-state index in [0.717, 1.165) is 0 Å². The van der Waals surface area contributed by atoms with Crippen LogP contribution in [0.4, 0.5) is 11.5 Å². The Bertz CT molecular complexity index is 555. The summed E-state index contributed by atoms with van der Waals surface area (Å²) in [4.78, 5) is 25.2. The van der Waals surface area contributed by atoms with Crippen LogP contribution in [0.5, 0.6) is 0 Å². The Morgan fingerprint density at radius 1 is 1.52 bits per heavy atom. The number of pyridine rings is 1. The number of nitrogens with one attached hydrogen (secondary N) is 2. The number of nitriles is 1. The van der Waals surface area contributed by atoms with Gasteiger partial charge in [0.1, 0.15) is 11.9 Å². The smallest absolute Gasteiger partial charge is 0.305 e. The highest BCUT2D eigenvalue weighted by molar-refractivity contribution is 5.76. The van der Waals surface area contributed by atoms with Gasteiger partial charge in [-0.1, -0.05) is 0 Å². The molecule has 0 radical (unpaired) electrons. The second kappa shape index (κ2) is 8.44. The molecule has 9 nitrogen and oxygen atoms in total. The zero-order valence-corrected chi connectivity index (χ0v) is 11.5. The molecule has 112 valence electrons. The van der Waals surface area contributed by atoms with Gasteiger partial charge >= 0.3 is 5.69 Å². The normalized spacial score (nSPS) is 9.71. The van der Waals surface area contributed by atoms with Gasteiger partial charge in [-0.2, -0.15) is 5.26 Å². The molecule has 1 amide bonds. The van der Waals surface area contributed by atoms with Crippen LogP contribution in [0.1, 0.15) is 12.1 Å². The molecule has 21 heavy (non-hydrogen) atoms. The molecule has 1 aromatic heterocycles. The van der Waals surface area contributed by atoms with Crippen LogP contribution in [0.2, 0.25) is 0 Å². The van der Waals surface area contributed by atoms with Crippen LogP contribution >= 0.6 is 0 Å². The molecule has 1 rings (SSSR count). The lowest BCUT2D eigenvalue weighted by Crippen LogP contribution is -2.28. The minimum absolute atomic E-state index is 0.151. The molecule has 0 aliphatic carbocycles. The maximum Gasteiger partial charge on any atom is 0.305 e. The first-order chi connectivity index (χ1) is 10.1. The molecular formula is C12H15N5O4. The van der Waals surface area contributed by atoms with Gasteiger partial charge in [0, 0.05) is 32.7 Å². The van der Waals surface area contributed by atoms with Gasteiger partial charge in [0.15, 0.2) is 0 Å². The summed E-state index contributed by atoms with van der Waals surface area (Å²) in [6.07, 6.45) is 0.213. The second-order valence-electron chi connectivity index (χ2n) is 3.95. The Balaban J connectivity index is 2.48. The first-order valence-electron chi connectivity index (χ1n) is 6.13. The van der Waals surface area contributed by atoms with Crippen molar-refractivity contribution in [3.05, 3.63) is 27.9 Å². The monoisotopic (exact) mass is 293 g/mol. The SMILES string of the molecule is COCCNC(=O)CCNc1ccc([N+](=O)[O-])c(C#N)n1. The number of carbonyl (C=O) groups excluding carboxylic acids is 1. The molecule has 0 fully saturated rings. The van der Waals surface area contributed by atoms with Crippen LogP contribution in [0.15, 0.2) is 12.1 Å². The van der Waals surface area contributed by atoms with Crippen LogP contribution in [-0.4, -0.2) is 42.6 Å². The van der Waals surface area contributed by atoms with Crippen molar-refractivity contribution in [1.29, 1.82) is 5.26 Å². The molecule has 1 heterocycles. The molecule has 0 aromatic carbocycles. The molecule has 0 bridgehead atoms. The molecule has 0 aliphatic heterocycles. The number of nitrogens with zero attached hydrogens (tertiary/aromatic N) is 3. The number of aromatic nitrogens is 1. The average molecular weight is 293 g/mol. The van der Waals surface area contributed by atoms with Gasteiger partial charge in [0.2, 0.25) is 11.6 Å². The third-order valence-corrected chi connectivity index (χ3v) is 2.46. The average Bonchev–Trinajstić information content (AvgIpc) is 2.47. The molecule has 0 aliphatic rings. The summed E-state index contributed by atoms with van der Waals surface area (Å²) in [6, 6.07) is 4.26. The Hall–Kier alpha value is -2.73. The van der Waals surface area contributed by atoms with E-state index >= 15 is 0 Å². The lowest BCUT2D eigenvalue weighted by molar-refractivity contribution is -0.385. The predicted molar refractivity (Wildman–Crippen MR) is 73.6 cm³/mol. The van der Waals surface area contributed by atoms with Crippen LogP contribution in [-0.2, 0) is 9.53 Å². The van der Waals surface area contributed by atoms with Gasteiger partial charge in [-0.25, -0.2) is 4.98 Å². The predicted octanol–water partition coefficient (Wildman–Crippen LogP) is 0.426. The summed E-state index contributed by atoms with van der Waals surface area (Å²) in [5.74, 6) is 0.156.